The van der Waals surface area contributed by atoms with Crippen molar-refractivity contribution in [2.24, 2.45) is 5.73 Å². The molecular formula is C25H30N6O2. The molecule has 4 rings (SSSR count). The van der Waals surface area contributed by atoms with Gasteiger partial charge in [0.1, 0.15) is 11.4 Å². The van der Waals surface area contributed by atoms with Crippen LogP contribution in [0.25, 0.3) is 0 Å². The number of nitrogens with one attached hydrogen (secondary N) is 1. The highest BCUT2D eigenvalue weighted by Crippen LogP contribution is 2.31. The van der Waals surface area contributed by atoms with Crippen LogP contribution in [-0.2, 0) is 6.42 Å². The Balaban J connectivity index is 1.59. The largest absolute Gasteiger partial charge is 0.437 e. The number of piperidine rings is 1. The average Bonchev–Trinajstić information content (AvgIpc) is 2.80. The molecule has 0 radical (unpaired) electrons. The first-order chi connectivity index (χ1) is 15.9. The second-order valence-electron chi connectivity index (χ2n) is 8.39. The lowest BCUT2D eigenvalue weighted by Crippen LogP contribution is -2.29. The highest BCUT2D eigenvalue weighted by atomic mass is 16.5. The van der Waals surface area contributed by atoms with E-state index in [9.17, 15) is 4.79 Å². The molecule has 1 aliphatic heterocycles. The lowest BCUT2D eigenvalue weighted by molar-refractivity contribution is 0.0996. The maximum Gasteiger partial charge on any atom is 0.271 e. The Kier molecular flexibility index (Phi) is 6.74. The molecule has 2 aromatic carbocycles. The van der Waals surface area contributed by atoms with Crippen LogP contribution in [0.15, 0.2) is 48.5 Å². The number of hydrogen-bond donors (Lipinski definition) is 3. The number of hydrogen-bond acceptors (Lipinski definition) is 7. The minimum absolute atomic E-state index is 0.0752. The second-order valence-corrected chi connectivity index (χ2v) is 8.39. The number of ether oxygens (including phenoxy) is 1. The van der Waals surface area contributed by atoms with Gasteiger partial charge < -0.3 is 26.4 Å². The summed E-state index contributed by atoms with van der Waals surface area (Å²) < 4.78 is 5.95. The molecule has 1 aromatic heterocycles. The molecule has 8 heteroatoms. The number of aryl methyl sites for hydroxylation is 1. The average molecular weight is 447 g/mol. The highest BCUT2D eigenvalue weighted by molar-refractivity contribution is 5.96. The second kappa shape index (κ2) is 9.87. The highest BCUT2D eigenvalue weighted by Gasteiger charge is 2.20. The number of aromatic nitrogens is 2. The molecule has 172 valence electrons. The van der Waals surface area contributed by atoms with Gasteiger partial charge in [-0.2, -0.15) is 4.98 Å². The van der Waals surface area contributed by atoms with Crippen LogP contribution in [0.3, 0.4) is 0 Å². The van der Waals surface area contributed by atoms with E-state index in [1.807, 2.05) is 19.1 Å². The van der Waals surface area contributed by atoms with Crippen LogP contribution in [0.1, 0.15) is 47.4 Å². The van der Waals surface area contributed by atoms with Crippen LogP contribution in [0.5, 0.6) is 11.6 Å². The first kappa shape index (κ1) is 22.5. The third kappa shape index (κ3) is 5.40. The molecule has 0 saturated carbocycles. The Morgan fingerprint density at radius 2 is 1.88 bits per heavy atom. The third-order valence-corrected chi connectivity index (χ3v) is 5.94. The predicted octanol–water partition coefficient (Wildman–Crippen LogP) is 4.07. The van der Waals surface area contributed by atoms with Crippen LogP contribution >= 0.6 is 0 Å². The van der Waals surface area contributed by atoms with Crippen molar-refractivity contribution in [3.63, 3.8) is 0 Å². The number of amides is 1. The molecule has 0 aliphatic carbocycles. The topological polar surface area (TPSA) is 119 Å². The van der Waals surface area contributed by atoms with Crippen molar-refractivity contribution in [3.05, 3.63) is 65.5 Å². The number of benzene rings is 2. The van der Waals surface area contributed by atoms with Gasteiger partial charge in [0, 0.05) is 17.4 Å². The normalized spacial score (nSPS) is 14.7. The summed E-state index contributed by atoms with van der Waals surface area (Å²) in [6.07, 6.45) is 2.84. The fourth-order valence-corrected chi connectivity index (χ4v) is 4.03. The zero-order valence-electron chi connectivity index (χ0n) is 19.0. The molecule has 0 spiro atoms. The summed E-state index contributed by atoms with van der Waals surface area (Å²) in [5.41, 5.74) is 14.8. The summed E-state index contributed by atoms with van der Waals surface area (Å²) in [6.45, 7) is 4.14. The number of primary amides is 1. The third-order valence-electron chi connectivity index (χ3n) is 5.94. The summed E-state index contributed by atoms with van der Waals surface area (Å²) in [5, 5.41) is 3.19. The lowest BCUT2D eigenvalue weighted by Gasteiger charge is -2.29. The van der Waals surface area contributed by atoms with E-state index >= 15 is 0 Å². The smallest absolute Gasteiger partial charge is 0.271 e. The summed E-state index contributed by atoms with van der Waals surface area (Å²) in [6, 6.07) is 15.3. The van der Waals surface area contributed by atoms with Crippen molar-refractivity contribution in [2.45, 2.75) is 32.1 Å². The van der Waals surface area contributed by atoms with Gasteiger partial charge in [-0.15, -0.1) is 0 Å². The maximum atomic E-state index is 12.1. The van der Waals surface area contributed by atoms with Gasteiger partial charge in [-0.3, -0.25) is 4.79 Å². The van der Waals surface area contributed by atoms with Crippen molar-refractivity contribution in [3.8, 4) is 11.6 Å². The molecule has 1 aliphatic rings. The van der Waals surface area contributed by atoms with E-state index in [1.165, 1.54) is 5.56 Å². The van der Waals surface area contributed by atoms with E-state index in [2.05, 4.69) is 39.4 Å². The van der Waals surface area contributed by atoms with E-state index in [0.717, 1.165) is 31.6 Å². The zero-order valence-corrected chi connectivity index (χ0v) is 19.0. The molecule has 1 fully saturated rings. The van der Waals surface area contributed by atoms with E-state index in [4.69, 9.17) is 16.2 Å². The predicted molar refractivity (Wildman–Crippen MR) is 130 cm³/mol. The quantitative estimate of drug-likeness (QED) is 0.468. The number of likely N-dealkylation sites (tertiary alicyclic amines) is 1. The molecule has 3 aromatic rings. The molecule has 1 amide bonds. The number of nitrogens with zero attached hydrogens (tertiary/aromatic N) is 3. The standard InChI is InChI=1S/C25H30N6O2/c1-3-21-25(33-20-6-4-5-18(26)15-20)30-24(22(29-21)23(27)32)28-19-9-7-16(8-10-19)17-11-13-31(2)14-12-17/h4-10,15,17H,3,11-14,26H2,1-2H3,(H2,27,32)(H,28,30). The van der Waals surface area contributed by atoms with Gasteiger partial charge in [-0.1, -0.05) is 25.1 Å². The molecule has 5 N–H and O–H groups in total. The molecule has 0 bridgehead atoms. The minimum atomic E-state index is -0.654. The summed E-state index contributed by atoms with van der Waals surface area (Å²) in [5.74, 6) is 1.01. The molecule has 0 unspecified atom stereocenters. The summed E-state index contributed by atoms with van der Waals surface area (Å²) in [4.78, 5) is 23.5. The van der Waals surface area contributed by atoms with Crippen LogP contribution in [-0.4, -0.2) is 40.9 Å². The van der Waals surface area contributed by atoms with Gasteiger partial charge in [-0.25, -0.2) is 4.98 Å². The Morgan fingerprint density at radius 1 is 1.15 bits per heavy atom. The zero-order chi connectivity index (χ0) is 23.4. The van der Waals surface area contributed by atoms with E-state index < -0.39 is 5.91 Å². The minimum Gasteiger partial charge on any atom is -0.437 e. The SMILES string of the molecule is CCc1nc(C(N)=O)c(Nc2ccc(C3CCN(C)CC3)cc2)nc1Oc1cccc(N)c1. The fraction of sp³-hybridized carbons (Fsp3) is 0.320. The van der Waals surface area contributed by atoms with Crippen molar-refractivity contribution >= 4 is 23.1 Å². The molecule has 2 heterocycles. The van der Waals surface area contributed by atoms with Crippen LogP contribution < -0.4 is 21.5 Å². The van der Waals surface area contributed by atoms with Crippen LogP contribution in [0, 0.1) is 0 Å². The van der Waals surface area contributed by atoms with Gasteiger partial charge in [-0.05, 0) is 75.1 Å². The van der Waals surface area contributed by atoms with Gasteiger partial charge in [0.2, 0.25) is 5.88 Å². The monoisotopic (exact) mass is 446 g/mol. The van der Waals surface area contributed by atoms with Gasteiger partial charge in [0.05, 0.1) is 0 Å². The van der Waals surface area contributed by atoms with Crippen molar-refractivity contribution in [2.75, 3.05) is 31.2 Å². The number of nitrogen functional groups attached to an aromatic ring is 1. The molecule has 0 atom stereocenters. The van der Waals surface area contributed by atoms with Crippen molar-refractivity contribution < 1.29 is 9.53 Å². The van der Waals surface area contributed by atoms with Crippen LogP contribution in [0.2, 0.25) is 0 Å². The van der Waals surface area contributed by atoms with Gasteiger partial charge in [0.25, 0.3) is 5.91 Å². The number of nitrogens with two attached hydrogens (primary N) is 2. The molecular weight excluding hydrogens is 416 g/mol. The van der Waals surface area contributed by atoms with Gasteiger partial charge >= 0.3 is 0 Å². The van der Waals surface area contributed by atoms with E-state index in [0.29, 0.717) is 35.3 Å². The Labute approximate surface area is 194 Å². The molecule has 8 nitrogen and oxygen atoms in total. The Bertz CT molecular complexity index is 1120. The first-order valence-electron chi connectivity index (χ1n) is 11.2. The van der Waals surface area contributed by atoms with E-state index in [-0.39, 0.29) is 11.5 Å². The number of rotatable bonds is 7. The lowest BCUT2D eigenvalue weighted by atomic mass is 9.89. The summed E-state index contributed by atoms with van der Waals surface area (Å²) >= 11 is 0. The Morgan fingerprint density at radius 3 is 2.52 bits per heavy atom. The summed E-state index contributed by atoms with van der Waals surface area (Å²) in [7, 11) is 2.16. The van der Waals surface area contributed by atoms with E-state index in [1.54, 1.807) is 24.3 Å². The van der Waals surface area contributed by atoms with Crippen molar-refractivity contribution in [1.29, 1.82) is 0 Å². The first-order valence-corrected chi connectivity index (χ1v) is 11.2. The number of carbonyl (C=O) groups excluding carboxylic acids is 1. The molecule has 1 saturated heterocycles. The van der Waals surface area contributed by atoms with Crippen molar-refractivity contribution in [1.82, 2.24) is 14.9 Å². The van der Waals surface area contributed by atoms with Gasteiger partial charge in [0.15, 0.2) is 11.5 Å². The fourth-order valence-electron chi connectivity index (χ4n) is 4.03. The number of anilines is 3. The maximum absolute atomic E-state index is 12.1. The number of carbonyl (C=O) groups is 1. The molecule has 33 heavy (non-hydrogen) atoms. The Hall–Kier alpha value is -3.65. The van der Waals surface area contributed by atoms with Crippen LogP contribution in [0.4, 0.5) is 17.2 Å².